The fourth-order valence-electron chi connectivity index (χ4n) is 1.61. The molecule has 1 fully saturated rings. The Kier molecular flexibility index (Phi) is 4.54. The van der Waals surface area contributed by atoms with Gasteiger partial charge in [-0.15, -0.1) is 17.0 Å². The molecule has 0 atom stereocenters. The van der Waals surface area contributed by atoms with Crippen molar-refractivity contribution in [2.45, 2.75) is 51.0 Å². The minimum absolute atomic E-state index is 0. The first-order valence-corrected chi connectivity index (χ1v) is 4.06. The van der Waals surface area contributed by atoms with Gasteiger partial charge in [-0.1, -0.05) is 26.2 Å². The quantitative estimate of drug-likeness (QED) is 0.704. The van der Waals surface area contributed by atoms with Crippen molar-refractivity contribution in [2.75, 3.05) is 0 Å². The monoisotopic (exact) mass is 207 g/mol. The van der Waals surface area contributed by atoms with Gasteiger partial charge >= 0.3 is 0 Å². The highest BCUT2D eigenvalue weighted by molar-refractivity contribution is 8.93. The van der Waals surface area contributed by atoms with E-state index in [0.29, 0.717) is 0 Å². The van der Waals surface area contributed by atoms with E-state index in [1.54, 1.807) is 0 Å². The van der Waals surface area contributed by atoms with Gasteiger partial charge in [-0.05, 0) is 19.3 Å². The molecule has 2 heteroatoms. The normalized spacial score (nSPS) is 23.4. The summed E-state index contributed by atoms with van der Waals surface area (Å²) in [5.74, 6) is 0. The van der Waals surface area contributed by atoms with E-state index in [9.17, 15) is 0 Å². The van der Waals surface area contributed by atoms with Gasteiger partial charge in [-0.3, -0.25) is 0 Å². The molecule has 2 N–H and O–H groups in total. The van der Waals surface area contributed by atoms with Gasteiger partial charge in [0.15, 0.2) is 0 Å². The molecule has 0 aromatic carbocycles. The zero-order valence-corrected chi connectivity index (χ0v) is 8.44. The maximum absolute atomic E-state index is 6.06. The largest absolute Gasteiger partial charge is 0.325 e. The molecule has 0 amide bonds. The third-order valence-corrected chi connectivity index (χ3v) is 2.55. The van der Waals surface area contributed by atoms with E-state index >= 15 is 0 Å². The number of hydrogen-bond acceptors (Lipinski definition) is 1. The van der Waals surface area contributed by atoms with Gasteiger partial charge in [0.2, 0.25) is 0 Å². The van der Waals surface area contributed by atoms with Crippen molar-refractivity contribution in [1.29, 1.82) is 0 Å². The second-order valence-electron chi connectivity index (χ2n) is 3.28. The van der Waals surface area contributed by atoms with Crippen LogP contribution >= 0.6 is 17.0 Å². The molecular weight excluding hydrogens is 190 g/mol. The summed E-state index contributed by atoms with van der Waals surface area (Å²) in [7, 11) is 0. The average Bonchev–Trinajstić information content (AvgIpc) is 1.90. The molecule has 10 heavy (non-hydrogen) atoms. The Balaban J connectivity index is 0.000000810. The fraction of sp³-hybridized carbons (Fsp3) is 1.00. The van der Waals surface area contributed by atoms with Crippen molar-refractivity contribution < 1.29 is 0 Å². The van der Waals surface area contributed by atoms with Crippen LogP contribution in [0.1, 0.15) is 45.4 Å². The third kappa shape index (κ3) is 2.59. The molecule has 0 radical (unpaired) electrons. The smallest absolute Gasteiger partial charge is 0.0151 e. The molecule has 0 spiro atoms. The number of rotatable bonds is 1. The van der Waals surface area contributed by atoms with Crippen LogP contribution < -0.4 is 5.73 Å². The van der Waals surface area contributed by atoms with Crippen LogP contribution in [0, 0.1) is 0 Å². The first kappa shape index (κ1) is 10.4. The van der Waals surface area contributed by atoms with Gasteiger partial charge < -0.3 is 5.73 Å². The summed E-state index contributed by atoms with van der Waals surface area (Å²) in [5, 5.41) is 0. The summed E-state index contributed by atoms with van der Waals surface area (Å²) in [6.07, 6.45) is 7.77. The molecular formula is C8H18BrN. The molecule has 0 unspecified atom stereocenters. The first-order chi connectivity index (χ1) is 4.27. The second kappa shape index (κ2) is 4.35. The van der Waals surface area contributed by atoms with E-state index in [-0.39, 0.29) is 22.5 Å². The van der Waals surface area contributed by atoms with E-state index in [1.165, 1.54) is 32.1 Å². The molecule has 62 valence electrons. The van der Waals surface area contributed by atoms with Crippen LogP contribution in [-0.4, -0.2) is 5.54 Å². The van der Waals surface area contributed by atoms with Crippen molar-refractivity contribution in [3.8, 4) is 0 Å². The number of nitrogens with two attached hydrogens (primary N) is 1. The topological polar surface area (TPSA) is 26.0 Å². The highest BCUT2D eigenvalue weighted by atomic mass is 79.9. The van der Waals surface area contributed by atoms with Gasteiger partial charge in [0, 0.05) is 5.54 Å². The van der Waals surface area contributed by atoms with Crippen LogP contribution in [0.15, 0.2) is 0 Å². The van der Waals surface area contributed by atoms with E-state index in [1.807, 2.05) is 0 Å². The summed E-state index contributed by atoms with van der Waals surface area (Å²) in [4.78, 5) is 0. The van der Waals surface area contributed by atoms with E-state index in [2.05, 4.69) is 6.92 Å². The second-order valence-corrected chi connectivity index (χ2v) is 3.28. The van der Waals surface area contributed by atoms with Crippen LogP contribution in [0.25, 0.3) is 0 Å². The lowest BCUT2D eigenvalue weighted by molar-refractivity contribution is 0.287. The third-order valence-electron chi connectivity index (χ3n) is 2.55. The maximum Gasteiger partial charge on any atom is 0.0151 e. The lowest BCUT2D eigenvalue weighted by Crippen LogP contribution is -2.40. The molecule has 1 rings (SSSR count). The molecule has 0 bridgehead atoms. The van der Waals surface area contributed by atoms with E-state index in [0.717, 1.165) is 6.42 Å². The Hall–Kier alpha value is 0.440. The molecule has 1 nitrogen and oxygen atoms in total. The van der Waals surface area contributed by atoms with Crippen molar-refractivity contribution in [3.05, 3.63) is 0 Å². The molecule has 0 aromatic heterocycles. The molecule has 1 saturated carbocycles. The Morgan fingerprint density at radius 1 is 1.20 bits per heavy atom. The van der Waals surface area contributed by atoms with Gasteiger partial charge in [0.05, 0.1) is 0 Å². The zero-order chi connectivity index (χ0) is 6.74. The molecule has 0 aromatic rings. The summed E-state index contributed by atoms with van der Waals surface area (Å²) >= 11 is 0. The van der Waals surface area contributed by atoms with E-state index < -0.39 is 0 Å². The molecule has 1 aliphatic rings. The van der Waals surface area contributed by atoms with Crippen LogP contribution in [0.5, 0.6) is 0 Å². The number of hydrogen-bond donors (Lipinski definition) is 1. The Labute approximate surface area is 74.1 Å². The zero-order valence-electron chi connectivity index (χ0n) is 6.73. The molecule has 0 aliphatic heterocycles. The predicted molar refractivity (Wildman–Crippen MR) is 50.6 cm³/mol. The summed E-state index contributed by atoms with van der Waals surface area (Å²) < 4.78 is 0. The van der Waals surface area contributed by atoms with Gasteiger partial charge in [-0.25, -0.2) is 0 Å². The van der Waals surface area contributed by atoms with Crippen molar-refractivity contribution in [1.82, 2.24) is 0 Å². The van der Waals surface area contributed by atoms with Crippen LogP contribution in [-0.2, 0) is 0 Å². The summed E-state index contributed by atoms with van der Waals surface area (Å²) in [6, 6.07) is 0. The van der Waals surface area contributed by atoms with Crippen LogP contribution in [0.2, 0.25) is 0 Å². The van der Waals surface area contributed by atoms with Gasteiger partial charge in [-0.2, -0.15) is 0 Å². The Bertz CT molecular complexity index is 87.3. The fourth-order valence-corrected chi connectivity index (χ4v) is 1.61. The van der Waals surface area contributed by atoms with Crippen LogP contribution in [0.4, 0.5) is 0 Å². The van der Waals surface area contributed by atoms with Crippen molar-refractivity contribution in [2.24, 2.45) is 5.73 Å². The van der Waals surface area contributed by atoms with Crippen LogP contribution in [0.3, 0.4) is 0 Å². The highest BCUT2D eigenvalue weighted by Crippen LogP contribution is 2.27. The average molecular weight is 208 g/mol. The minimum Gasteiger partial charge on any atom is -0.325 e. The van der Waals surface area contributed by atoms with Crippen molar-refractivity contribution in [3.63, 3.8) is 0 Å². The van der Waals surface area contributed by atoms with Crippen molar-refractivity contribution >= 4 is 17.0 Å². The molecule has 0 heterocycles. The Morgan fingerprint density at radius 3 is 2.00 bits per heavy atom. The molecule has 1 aliphatic carbocycles. The SMILES string of the molecule is Br.CCC1(N)CCCCC1. The summed E-state index contributed by atoms with van der Waals surface area (Å²) in [6.45, 7) is 2.20. The predicted octanol–water partition coefficient (Wildman–Crippen LogP) is 2.64. The van der Waals surface area contributed by atoms with E-state index in [4.69, 9.17) is 5.73 Å². The maximum atomic E-state index is 6.06. The number of halogens is 1. The minimum atomic E-state index is 0. The molecule has 0 saturated heterocycles. The summed E-state index contributed by atoms with van der Waals surface area (Å²) in [5.41, 5.74) is 6.28. The van der Waals surface area contributed by atoms with Gasteiger partial charge in [0.25, 0.3) is 0 Å². The first-order valence-electron chi connectivity index (χ1n) is 4.06. The lowest BCUT2D eigenvalue weighted by Gasteiger charge is -2.32. The van der Waals surface area contributed by atoms with Gasteiger partial charge in [0.1, 0.15) is 0 Å². The highest BCUT2D eigenvalue weighted by Gasteiger charge is 2.24. The standard InChI is InChI=1S/C8H17N.BrH/c1-2-8(9)6-4-3-5-7-8;/h2-7,9H2,1H3;1H. The Morgan fingerprint density at radius 2 is 1.70 bits per heavy atom. The lowest BCUT2D eigenvalue weighted by atomic mass is 9.81.